The molecule has 0 saturated heterocycles. The molecule has 1 radical (unpaired) electrons. The molecular formula is C19H21. The molecule has 0 atom stereocenters. The Hall–Kier alpha value is -1.56. The van der Waals surface area contributed by atoms with E-state index in [9.17, 15) is 0 Å². The van der Waals surface area contributed by atoms with Crippen LogP contribution in [0.25, 0.3) is 0 Å². The Bertz CT molecular complexity index is 440. The summed E-state index contributed by atoms with van der Waals surface area (Å²) in [5.41, 5.74) is 2.81. The van der Waals surface area contributed by atoms with Crippen LogP contribution in [0.5, 0.6) is 0 Å². The summed E-state index contributed by atoms with van der Waals surface area (Å²) in [5.74, 6) is 2.29. The zero-order valence-corrected chi connectivity index (χ0v) is 11.4. The molecule has 2 aromatic carbocycles. The minimum Gasteiger partial charge on any atom is -0.0622 e. The van der Waals surface area contributed by atoms with Crippen molar-refractivity contribution in [2.24, 2.45) is 5.92 Å². The van der Waals surface area contributed by atoms with Crippen LogP contribution in [0.15, 0.2) is 60.7 Å². The molecule has 0 N–H and O–H groups in total. The highest BCUT2D eigenvalue weighted by Gasteiger charge is 2.26. The Labute approximate surface area is 116 Å². The highest BCUT2D eigenvalue weighted by atomic mass is 14.3. The second kappa shape index (κ2) is 6.06. The summed E-state index contributed by atoms with van der Waals surface area (Å²) in [4.78, 5) is 0. The van der Waals surface area contributed by atoms with Gasteiger partial charge in [0.15, 0.2) is 0 Å². The predicted molar refractivity (Wildman–Crippen MR) is 80.9 cm³/mol. The van der Waals surface area contributed by atoms with Crippen LogP contribution < -0.4 is 0 Å². The van der Waals surface area contributed by atoms with Crippen LogP contribution in [0, 0.1) is 11.8 Å². The van der Waals surface area contributed by atoms with E-state index in [0.29, 0.717) is 0 Å². The summed E-state index contributed by atoms with van der Waals surface area (Å²) in [6, 6.07) is 21.9. The first-order valence-electron chi connectivity index (χ1n) is 7.43. The number of hydrogen-bond acceptors (Lipinski definition) is 0. The molecule has 0 heteroatoms. The highest BCUT2D eigenvalue weighted by molar-refractivity contribution is 5.46. The Morgan fingerprint density at radius 3 is 1.58 bits per heavy atom. The van der Waals surface area contributed by atoms with Crippen LogP contribution in [0.3, 0.4) is 0 Å². The third-order valence-corrected chi connectivity index (χ3v) is 4.18. The van der Waals surface area contributed by atoms with Crippen LogP contribution >= 0.6 is 0 Å². The van der Waals surface area contributed by atoms with E-state index in [0.717, 1.165) is 5.92 Å². The summed E-state index contributed by atoms with van der Waals surface area (Å²) >= 11 is 0. The van der Waals surface area contributed by atoms with Crippen molar-refractivity contribution in [3.05, 3.63) is 77.7 Å². The Morgan fingerprint density at radius 2 is 1.11 bits per heavy atom. The molecule has 1 fully saturated rings. The van der Waals surface area contributed by atoms with E-state index >= 15 is 0 Å². The minimum absolute atomic E-state index is 0.735. The molecule has 0 heterocycles. The van der Waals surface area contributed by atoms with E-state index in [1.54, 1.807) is 5.92 Å². The fourth-order valence-electron chi connectivity index (χ4n) is 3.26. The first-order valence-corrected chi connectivity index (χ1v) is 7.43. The molecule has 0 aliphatic heterocycles. The van der Waals surface area contributed by atoms with Crippen molar-refractivity contribution in [3.8, 4) is 0 Å². The summed E-state index contributed by atoms with van der Waals surface area (Å²) in [6.45, 7) is 0. The van der Waals surface area contributed by atoms with Crippen molar-refractivity contribution in [1.29, 1.82) is 0 Å². The highest BCUT2D eigenvalue weighted by Crippen LogP contribution is 2.39. The fourth-order valence-corrected chi connectivity index (χ4v) is 3.26. The maximum Gasteiger partial charge on any atom is 0.0370 e. The van der Waals surface area contributed by atoms with Gasteiger partial charge in [-0.05, 0) is 29.9 Å². The topological polar surface area (TPSA) is 0 Å². The van der Waals surface area contributed by atoms with E-state index in [1.165, 1.54) is 43.2 Å². The van der Waals surface area contributed by atoms with E-state index in [2.05, 4.69) is 60.7 Å². The zero-order chi connectivity index (χ0) is 12.9. The van der Waals surface area contributed by atoms with Gasteiger partial charge in [-0.3, -0.25) is 0 Å². The van der Waals surface area contributed by atoms with Gasteiger partial charge in [0.05, 0.1) is 0 Å². The van der Waals surface area contributed by atoms with Gasteiger partial charge in [0.2, 0.25) is 0 Å². The molecule has 1 aliphatic carbocycles. The normalized spacial score (nSPS) is 16.7. The van der Waals surface area contributed by atoms with E-state index in [4.69, 9.17) is 0 Å². The number of benzene rings is 2. The lowest BCUT2D eigenvalue weighted by atomic mass is 9.74. The van der Waals surface area contributed by atoms with Gasteiger partial charge < -0.3 is 0 Å². The van der Waals surface area contributed by atoms with Crippen molar-refractivity contribution in [3.63, 3.8) is 0 Å². The predicted octanol–water partition coefficient (Wildman–Crippen LogP) is 5.24. The molecule has 19 heavy (non-hydrogen) atoms. The molecule has 0 aromatic heterocycles. The van der Waals surface area contributed by atoms with Crippen molar-refractivity contribution in [2.75, 3.05) is 0 Å². The summed E-state index contributed by atoms with van der Waals surface area (Å²) < 4.78 is 0. The number of hydrogen-bond donors (Lipinski definition) is 0. The summed E-state index contributed by atoms with van der Waals surface area (Å²) in [7, 11) is 0. The van der Waals surface area contributed by atoms with Crippen molar-refractivity contribution in [2.45, 2.75) is 32.1 Å². The van der Waals surface area contributed by atoms with Crippen LogP contribution in [-0.2, 0) is 0 Å². The van der Waals surface area contributed by atoms with Crippen molar-refractivity contribution < 1.29 is 0 Å². The molecule has 0 spiro atoms. The second-order valence-corrected chi connectivity index (χ2v) is 5.48. The van der Waals surface area contributed by atoms with Crippen molar-refractivity contribution in [1.82, 2.24) is 0 Å². The van der Waals surface area contributed by atoms with Gasteiger partial charge >= 0.3 is 0 Å². The lowest BCUT2D eigenvalue weighted by molar-refractivity contribution is 0.384. The Morgan fingerprint density at radius 1 is 0.632 bits per heavy atom. The SMILES string of the molecule is c1ccc([C](c2ccccc2)C2CCCCC2)cc1. The molecule has 0 unspecified atom stereocenters. The average molecular weight is 249 g/mol. The summed E-state index contributed by atoms with van der Waals surface area (Å²) in [6.07, 6.45) is 6.87. The molecule has 0 nitrogen and oxygen atoms in total. The van der Waals surface area contributed by atoms with E-state index in [-0.39, 0.29) is 0 Å². The van der Waals surface area contributed by atoms with Gasteiger partial charge in [-0.1, -0.05) is 79.9 Å². The van der Waals surface area contributed by atoms with Crippen LogP contribution in [0.1, 0.15) is 43.2 Å². The van der Waals surface area contributed by atoms with Crippen LogP contribution in [0.2, 0.25) is 0 Å². The molecule has 1 aliphatic rings. The van der Waals surface area contributed by atoms with Gasteiger partial charge in [-0.2, -0.15) is 0 Å². The molecular weight excluding hydrogens is 228 g/mol. The fraction of sp³-hybridized carbons (Fsp3) is 0.316. The molecule has 2 aromatic rings. The standard InChI is InChI=1S/C19H21/c1-4-10-16(11-5-1)19(17-12-6-2-7-13-17)18-14-8-3-9-15-18/h1-2,4-7,10-13,18H,3,8-9,14-15H2. The maximum atomic E-state index is 2.26. The Balaban J connectivity index is 1.96. The molecule has 97 valence electrons. The third kappa shape index (κ3) is 2.89. The average Bonchev–Trinajstić information content (AvgIpc) is 2.51. The van der Waals surface area contributed by atoms with Crippen molar-refractivity contribution >= 4 is 0 Å². The first-order chi connectivity index (χ1) is 9.45. The quantitative estimate of drug-likeness (QED) is 0.698. The van der Waals surface area contributed by atoms with E-state index in [1.807, 2.05) is 0 Å². The molecule has 3 rings (SSSR count). The Kier molecular flexibility index (Phi) is 3.98. The lowest BCUT2D eigenvalue weighted by Gasteiger charge is -2.30. The van der Waals surface area contributed by atoms with Crippen LogP contribution in [0.4, 0.5) is 0 Å². The molecule has 0 amide bonds. The monoisotopic (exact) mass is 249 g/mol. The largest absolute Gasteiger partial charge is 0.0622 e. The molecule has 0 bridgehead atoms. The lowest BCUT2D eigenvalue weighted by Crippen LogP contribution is -2.18. The van der Waals surface area contributed by atoms with Crippen LogP contribution in [-0.4, -0.2) is 0 Å². The van der Waals surface area contributed by atoms with Gasteiger partial charge in [0.1, 0.15) is 0 Å². The summed E-state index contributed by atoms with van der Waals surface area (Å²) in [5, 5.41) is 0. The number of rotatable bonds is 3. The third-order valence-electron chi connectivity index (χ3n) is 4.18. The first kappa shape index (κ1) is 12.5. The van der Waals surface area contributed by atoms with E-state index < -0.39 is 0 Å². The van der Waals surface area contributed by atoms with Gasteiger partial charge in [-0.15, -0.1) is 0 Å². The minimum atomic E-state index is 0.735. The maximum absolute atomic E-state index is 2.26. The molecule has 1 saturated carbocycles. The smallest absolute Gasteiger partial charge is 0.0370 e. The van der Waals surface area contributed by atoms with Gasteiger partial charge in [0, 0.05) is 5.92 Å². The second-order valence-electron chi connectivity index (χ2n) is 5.48. The zero-order valence-electron chi connectivity index (χ0n) is 11.4. The van der Waals surface area contributed by atoms with Gasteiger partial charge in [0.25, 0.3) is 0 Å². The van der Waals surface area contributed by atoms with Gasteiger partial charge in [-0.25, -0.2) is 0 Å².